The molecule has 0 saturated carbocycles. The molecule has 12 nitrogen and oxygen atoms in total. The van der Waals surface area contributed by atoms with Crippen molar-refractivity contribution < 1.29 is 23.8 Å². The van der Waals surface area contributed by atoms with Crippen molar-refractivity contribution in [1.29, 1.82) is 0 Å². The Labute approximate surface area is 212 Å². The van der Waals surface area contributed by atoms with Crippen LogP contribution in [0.3, 0.4) is 0 Å². The Kier molecular flexibility index (Phi) is 7.56. The number of methoxy groups -OCH3 is 2. The van der Waals surface area contributed by atoms with Gasteiger partial charge in [-0.2, -0.15) is 5.10 Å². The molecule has 0 aliphatic heterocycles. The van der Waals surface area contributed by atoms with Crippen molar-refractivity contribution in [2.24, 2.45) is 0 Å². The third-order valence-electron chi connectivity index (χ3n) is 5.69. The molecule has 0 bridgehead atoms. The zero-order valence-corrected chi connectivity index (χ0v) is 21.0. The number of aromatic nitrogens is 5. The highest BCUT2D eigenvalue weighted by Crippen LogP contribution is 2.46. The molecule has 1 aromatic carbocycles. The van der Waals surface area contributed by atoms with E-state index >= 15 is 0 Å². The van der Waals surface area contributed by atoms with Crippen LogP contribution in [0.4, 0.5) is 5.82 Å². The van der Waals surface area contributed by atoms with Gasteiger partial charge in [0.05, 0.1) is 25.3 Å². The highest BCUT2D eigenvalue weighted by atomic mass is 16.5. The number of aromatic amines is 2. The topological polar surface area (TPSA) is 168 Å². The molecule has 0 radical (unpaired) electrons. The van der Waals surface area contributed by atoms with E-state index in [4.69, 9.17) is 13.9 Å². The molecular formula is C25H28N6O6. The zero-order chi connectivity index (χ0) is 26.5. The molecule has 4 aromatic rings. The molecule has 194 valence electrons. The Morgan fingerprint density at radius 3 is 2.49 bits per heavy atom. The number of H-pyrrole nitrogens is 2. The summed E-state index contributed by atoms with van der Waals surface area (Å²) in [5.41, 5.74) is 1.29. The summed E-state index contributed by atoms with van der Waals surface area (Å²) in [7, 11) is 3.01. The SMILES string of the molecule is CCCCc1[nH]c(=O)c(-c2nnc(CC(=O)Nc3cc(C)[nH]n3)o2)c(O)c1-c1c(OC)cccc1OC. The van der Waals surface area contributed by atoms with Gasteiger partial charge in [-0.3, -0.25) is 14.7 Å². The molecular weight excluding hydrogens is 480 g/mol. The standard InChI is InChI=1S/C25H28N6O6/c1-5-6-8-14-20(21-15(35-3)9-7-10-16(21)36-4)23(33)22(24(34)26-14)25-31-30-19(37-25)12-18(32)27-17-11-13(2)28-29-17/h7,9-11H,5-6,8,12H2,1-4H3,(H2,26,33,34)(H2,27,28,29,32). The summed E-state index contributed by atoms with van der Waals surface area (Å²) in [5, 5.41) is 28.5. The number of carbonyl (C=O) groups excluding carboxylic acids is 1. The molecule has 4 N–H and O–H groups in total. The fourth-order valence-electron chi connectivity index (χ4n) is 3.98. The Bertz CT molecular complexity index is 1450. The van der Waals surface area contributed by atoms with E-state index in [1.54, 1.807) is 31.2 Å². The summed E-state index contributed by atoms with van der Waals surface area (Å²) in [6.07, 6.45) is 1.89. The minimum Gasteiger partial charge on any atom is -0.506 e. The van der Waals surface area contributed by atoms with E-state index in [1.165, 1.54) is 14.2 Å². The van der Waals surface area contributed by atoms with Crippen LogP contribution in [0.2, 0.25) is 0 Å². The Morgan fingerprint density at radius 2 is 1.86 bits per heavy atom. The highest BCUT2D eigenvalue weighted by Gasteiger charge is 2.27. The maximum Gasteiger partial charge on any atom is 0.264 e. The van der Waals surface area contributed by atoms with Crippen LogP contribution in [0, 0.1) is 6.92 Å². The average Bonchev–Trinajstić information content (AvgIpc) is 3.50. The van der Waals surface area contributed by atoms with Crippen LogP contribution >= 0.6 is 0 Å². The summed E-state index contributed by atoms with van der Waals surface area (Å²) in [4.78, 5) is 28.3. The number of anilines is 1. The van der Waals surface area contributed by atoms with E-state index in [1.807, 2.05) is 6.92 Å². The van der Waals surface area contributed by atoms with E-state index < -0.39 is 11.5 Å². The van der Waals surface area contributed by atoms with Gasteiger partial charge in [0.25, 0.3) is 11.4 Å². The minimum absolute atomic E-state index is 0.0370. The monoisotopic (exact) mass is 508 g/mol. The zero-order valence-electron chi connectivity index (χ0n) is 21.0. The first-order valence-electron chi connectivity index (χ1n) is 11.7. The molecule has 0 saturated heterocycles. The summed E-state index contributed by atoms with van der Waals surface area (Å²) >= 11 is 0. The lowest BCUT2D eigenvalue weighted by Crippen LogP contribution is -2.15. The summed E-state index contributed by atoms with van der Waals surface area (Å²) in [6.45, 7) is 3.83. The van der Waals surface area contributed by atoms with Crippen molar-refractivity contribution in [3.63, 3.8) is 0 Å². The first-order valence-corrected chi connectivity index (χ1v) is 11.7. The molecule has 0 aliphatic carbocycles. The molecule has 0 atom stereocenters. The Hall–Kier alpha value is -4.61. The third kappa shape index (κ3) is 5.32. The Morgan fingerprint density at radius 1 is 1.14 bits per heavy atom. The Balaban J connectivity index is 1.76. The predicted octanol–water partition coefficient (Wildman–Crippen LogP) is 3.37. The lowest BCUT2D eigenvalue weighted by atomic mass is 9.96. The number of hydrogen-bond acceptors (Lipinski definition) is 9. The maximum atomic E-state index is 13.1. The molecule has 0 unspecified atom stereocenters. The maximum absolute atomic E-state index is 13.1. The van der Waals surface area contributed by atoms with Crippen LogP contribution in [-0.4, -0.2) is 50.6 Å². The second-order valence-corrected chi connectivity index (χ2v) is 8.33. The smallest absolute Gasteiger partial charge is 0.264 e. The molecule has 1 amide bonds. The minimum atomic E-state index is -0.604. The van der Waals surface area contributed by atoms with Gasteiger partial charge in [-0.15, -0.1) is 10.2 Å². The van der Waals surface area contributed by atoms with Crippen LogP contribution in [0.15, 0.2) is 33.5 Å². The van der Waals surface area contributed by atoms with Crippen molar-refractivity contribution in [1.82, 2.24) is 25.4 Å². The van der Waals surface area contributed by atoms with Crippen LogP contribution in [0.1, 0.15) is 37.0 Å². The lowest BCUT2D eigenvalue weighted by molar-refractivity contribution is -0.115. The lowest BCUT2D eigenvalue weighted by Gasteiger charge is -2.18. The van der Waals surface area contributed by atoms with Gasteiger partial charge >= 0.3 is 0 Å². The van der Waals surface area contributed by atoms with E-state index in [0.29, 0.717) is 40.6 Å². The van der Waals surface area contributed by atoms with Crippen LogP contribution in [0.25, 0.3) is 22.6 Å². The van der Waals surface area contributed by atoms with Gasteiger partial charge in [0.1, 0.15) is 29.2 Å². The van der Waals surface area contributed by atoms with Gasteiger partial charge in [-0.1, -0.05) is 19.4 Å². The van der Waals surface area contributed by atoms with Crippen molar-refractivity contribution >= 4 is 11.7 Å². The number of aryl methyl sites for hydroxylation is 2. The van der Waals surface area contributed by atoms with Gasteiger partial charge in [0.15, 0.2) is 5.82 Å². The third-order valence-corrected chi connectivity index (χ3v) is 5.69. The van der Waals surface area contributed by atoms with Crippen molar-refractivity contribution in [3.05, 3.63) is 51.9 Å². The number of pyridine rings is 1. The summed E-state index contributed by atoms with van der Waals surface area (Å²) in [6, 6.07) is 6.89. The number of hydrogen-bond donors (Lipinski definition) is 4. The first kappa shape index (κ1) is 25.5. The van der Waals surface area contributed by atoms with Gasteiger partial charge in [0, 0.05) is 17.5 Å². The van der Waals surface area contributed by atoms with Gasteiger partial charge in [0.2, 0.25) is 11.8 Å². The van der Waals surface area contributed by atoms with Crippen molar-refractivity contribution in [2.45, 2.75) is 39.5 Å². The van der Waals surface area contributed by atoms with Gasteiger partial charge in [-0.05, 0) is 31.9 Å². The van der Waals surface area contributed by atoms with E-state index in [-0.39, 0.29) is 29.5 Å². The molecule has 12 heteroatoms. The summed E-state index contributed by atoms with van der Waals surface area (Å²) < 4.78 is 16.7. The largest absolute Gasteiger partial charge is 0.506 e. The van der Waals surface area contributed by atoms with Gasteiger partial charge < -0.3 is 29.3 Å². The number of ether oxygens (including phenoxy) is 2. The number of carbonyl (C=O) groups is 1. The molecule has 0 spiro atoms. The molecule has 3 heterocycles. The van der Waals surface area contributed by atoms with Crippen molar-refractivity contribution in [3.8, 4) is 39.8 Å². The quantitative estimate of drug-likeness (QED) is 0.251. The van der Waals surface area contributed by atoms with Gasteiger partial charge in [-0.25, -0.2) is 0 Å². The van der Waals surface area contributed by atoms with Crippen LogP contribution in [-0.2, 0) is 17.6 Å². The first-order chi connectivity index (χ1) is 17.9. The summed E-state index contributed by atoms with van der Waals surface area (Å²) in [5.74, 6) is 0.191. The predicted molar refractivity (Wildman–Crippen MR) is 135 cm³/mol. The fraction of sp³-hybridized carbons (Fsp3) is 0.320. The molecule has 0 fully saturated rings. The number of unbranched alkanes of at least 4 members (excludes halogenated alkanes) is 1. The van der Waals surface area contributed by atoms with Crippen LogP contribution < -0.4 is 20.3 Å². The molecule has 4 rings (SSSR count). The normalized spacial score (nSPS) is 10.9. The molecule has 3 aromatic heterocycles. The number of amides is 1. The number of rotatable bonds is 10. The average molecular weight is 509 g/mol. The second kappa shape index (κ2) is 11.0. The molecule has 0 aliphatic rings. The second-order valence-electron chi connectivity index (χ2n) is 8.33. The number of nitrogens with one attached hydrogen (secondary N) is 3. The highest BCUT2D eigenvalue weighted by molar-refractivity contribution is 5.91. The molecule has 37 heavy (non-hydrogen) atoms. The van der Waals surface area contributed by atoms with Crippen LogP contribution in [0.5, 0.6) is 17.2 Å². The number of aromatic hydroxyl groups is 1. The fourth-order valence-corrected chi connectivity index (χ4v) is 3.98. The van der Waals surface area contributed by atoms with E-state index in [2.05, 4.69) is 30.7 Å². The van der Waals surface area contributed by atoms with E-state index in [9.17, 15) is 14.7 Å². The van der Waals surface area contributed by atoms with E-state index in [0.717, 1.165) is 18.5 Å². The van der Waals surface area contributed by atoms with Crippen molar-refractivity contribution in [2.75, 3.05) is 19.5 Å². The number of benzene rings is 1. The number of nitrogens with zero attached hydrogens (tertiary/aromatic N) is 3.